The van der Waals surface area contributed by atoms with Crippen LogP contribution in [0.25, 0.3) is 66.2 Å². The predicted octanol–water partition coefficient (Wildman–Crippen LogP) is 11.8. The molecule has 6 atom stereocenters. The molecule has 0 saturated heterocycles. The highest BCUT2D eigenvalue weighted by Gasteiger charge is 2.30. The van der Waals surface area contributed by atoms with Gasteiger partial charge in [0.15, 0.2) is 34.9 Å². The molecule has 0 saturated carbocycles. The highest BCUT2D eigenvalue weighted by molar-refractivity contribution is 6.31. The van der Waals surface area contributed by atoms with Crippen LogP contribution in [0.4, 0.5) is 80.7 Å². The highest BCUT2D eigenvalue weighted by atomic mass is 35.5. The van der Waals surface area contributed by atoms with Crippen LogP contribution in [0.1, 0.15) is 204 Å². The van der Waals surface area contributed by atoms with Crippen LogP contribution in [-0.2, 0) is 0 Å². The lowest BCUT2D eigenvalue weighted by molar-refractivity contribution is 0.0653. The average molecular weight is 1760 g/mol. The lowest BCUT2D eigenvalue weighted by Crippen LogP contribution is -2.39. The van der Waals surface area contributed by atoms with Gasteiger partial charge >= 0.3 is 0 Å². The first-order valence-corrected chi connectivity index (χ1v) is 43.0. The lowest BCUT2D eigenvalue weighted by atomic mass is 9.95. The highest BCUT2D eigenvalue weighted by Crippen LogP contribution is 2.33. The van der Waals surface area contributed by atoms with Gasteiger partial charge in [-0.1, -0.05) is 123 Å². The van der Waals surface area contributed by atoms with E-state index in [2.05, 4.69) is 156 Å². The summed E-state index contributed by atoms with van der Waals surface area (Å²) in [6.07, 6.45) is 27.4. The van der Waals surface area contributed by atoms with Gasteiger partial charge in [-0.05, 0) is 141 Å². The van der Waals surface area contributed by atoms with Crippen molar-refractivity contribution in [2.24, 2.45) is 0 Å². The first-order valence-electron chi connectivity index (χ1n) is 42.6. The molecule has 0 aliphatic carbocycles. The fourth-order valence-electron chi connectivity index (χ4n) is 13.0. The first-order chi connectivity index (χ1) is 60.0. The van der Waals surface area contributed by atoms with Crippen LogP contribution in [-0.4, -0.2) is 205 Å². The van der Waals surface area contributed by atoms with E-state index in [1.807, 2.05) is 52.8 Å². The first kappa shape index (κ1) is 101. The van der Waals surface area contributed by atoms with Crippen molar-refractivity contribution in [1.29, 1.82) is 0 Å². The normalized spacial score (nSPS) is 13.7. The Morgan fingerprint density at radius 1 is 0.365 bits per heavy atom. The van der Waals surface area contributed by atoms with Gasteiger partial charge in [-0.15, -0.1) is 0 Å². The van der Waals surface area contributed by atoms with Crippen molar-refractivity contribution in [3.63, 3.8) is 0 Å². The number of aryl methyl sites for hydroxylation is 1. The van der Waals surface area contributed by atoms with E-state index in [0.29, 0.717) is 125 Å². The minimum Gasteiger partial charge on any atom is -0.397 e. The van der Waals surface area contributed by atoms with Gasteiger partial charge in [-0.2, -0.15) is 29.9 Å². The fraction of sp³-hybridized carbons (Fsp3) is 0.512. The van der Waals surface area contributed by atoms with E-state index in [4.69, 9.17) is 51.7 Å². The smallest absolute Gasteiger partial charge is 0.222 e. The number of aromatic nitrogens is 18. The molecule has 38 nitrogen and oxygen atoms in total. The molecule has 12 heterocycles. The van der Waals surface area contributed by atoms with E-state index in [-0.39, 0.29) is 87.4 Å². The van der Waals surface area contributed by atoms with Crippen LogP contribution in [0.2, 0.25) is 5.02 Å². The van der Waals surface area contributed by atoms with Gasteiger partial charge in [0.25, 0.3) is 0 Å². The number of nitrogen functional groups attached to an aromatic ring is 7. The number of pyridine rings is 6. The van der Waals surface area contributed by atoms with Gasteiger partial charge < -0.3 is 108 Å². The Balaban J connectivity index is 0.000000207. The summed E-state index contributed by atoms with van der Waals surface area (Å²) < 4.78 is 13.3. The maximum absolute atomic E-state index is 13.3. The summed E-state index contributed by atoms with van der Waals surface area (Å²) in [4.78, 5) is 75.4. The lowest BCUT2D eigenvalue weighted by Gasteiger charge is -2.29. The van der Waals surface area contributed by atoms with E-state index in [9.17, 15) is 40.1 Å². The third kappa shape index (κ3) is 31.4. The number of halogens is 2. The van der Waals surface area contributed by atoms with Gasteiger partial charge in [0.1, 0.15) is 38.9 Å². The number of fused-ring (bicyclic) bond motifs is 6. The van der Waals surface area contributed by atoms with E-state index in [0.717, 1.165) is 121 Å². The molecule has 684 valence electrons. The number of hydrogen-bond acceptors (Lipinski definition) is 38. The zero-order valence-electron chi connectivity index (χ0n) is 74.4. The van der Waals surface area contributed by atoms with Crippen LogP contribution < -0.4 is 72.0 Å². The topological polar surface area (TPSA) is 628 Å². The molecule has 12 aromatic heterocycles. The molecular weight excluding hydrogens is 1630 g/mol. The van der Waals surface area contributed by atoms with Crippen LogP contribution in [0, 0.1) is 12.7 Å². The zero-order valence-corrected chi connectivity index (χ0v) is 75.1. The average Bonchev–Trinajstić information content (AvgIpc) is 0.776. The van der Waals surface area contributed by atoms with Crippen molar-refractivity contribution < 1.29 is 40.1 Å². The van der Waals surface area contributed by atoms with Crippen molar-refractivity contribution in [3.8, 4) is 0 Å². The Morgan fingerprint density at radius 3 is 1.09 bits per heavy atom. The van der Waals surface area contributed by atoms with E-state index < -0.39 is 33.6 Å². The largest absolute Gasteiger partial charge is 0.397 e. The summed E-state index contributed by atoms with van der Waals surface area (Å²) in [5.74, 6) is 3.51. The van der Waals surface area contributed by atoms with Gasteiger partial charge in [-0.3, -0.25) is 15.0 Å². The third-order valence-corrected chi connectivity index (χ3v) is 20.5. The van der Waals surface area contributed by atoms with Crippen molar-refractivity contribution in [2.45, 2.75) is 245 Å². The van der Waals surface area contributed by atoms with E-state index >= 15 is 0 Å². The second kappa shape index (κ2) is 48.7. The summed E-state index contributed by atoms with van der Waals surface area (Å²) in [7, 11) is 0. The number of aliphatic hydroxyl groups is 7. The van der Waals surface area contributed by atoms with E-state index in [1.165, 1.54) is 12.3 Å². The number of hydrogen-bond donors (Lipinski definition) is 20. The van der Waals surface area contributed by atoms with Crippen LogP contribution >= 0.6 is 11.6 Å². The Labute approximate surface area is 739 Å². The molecule has 0 unspecified atom stereocenters. The van der Waals surface area contributed by atoms with Crippen molar-refractivity contribution in [1.82, 2.24) is 89.7 Å². The molecule has 0 aromatic carbocycles. The molecule has 0 aliphatic rings. The second-order valence-electron chi connectivity index (χ2n) is 32.9. The predicted molar refractivity (Wildman–Crippen MR) is 502 cm³/mol. The van der Waals surface area contributed by atoms with Crippen LogP contribution in [0.3, 0.4) is 0 Å². The molecule has 40 heteroatoms. The summed E-state index contributed by atoms with van der Waals surface area (Å²) in [6, 6.07) is 13.5. The molecule has 0 radical (unpaired) electrons. The number of rotatable bonds is 38. The molecule has 0 bridgehead atoms. The minimum atomic E-state index is -0.778. The second-order valence-corrected chi connectivity index (χ2v) is 33.4. The standard InChI is InChI=1S/C15H22FN5O.C15H23N5O.C14H20ClN5O.C14H22N6O.C14H21N5O2.C14H21N5O/c1-3-4-5-6-15(2,9-22)21-13-12-11(19-14(17)20-13)7-10(16)8-18-12;1-3-4-5-8-15(2,10-21)20-13-12-11(7-6-9-17-12)18-14(16)19-13;2*1-3-4-5-14(2,8-21)20-12-11-10(18-13(16)19-12)6-9(15)7-17-11;1-14(2,21)6-5-9(8-20)17-12-11-10(4-3-7-16-11)18-13(15)19-12;1-3-4-5-10(8-20)17-13-12-11(18-14(15)19-13)6-9(2)7-16-12/h7-8,22H,3-6,9H2,1-2H3,(H3,17,19,20,21);6-7,9,21H,3-5,8,10H2,1-2H3,(H3,16,18,19,20);6-7,21H,3-5,8H2,1-2H3,(H3,16,18,19,20);6-7,21H,3-5,8,15H2,1-2H3,(H3,16,18,19,20);3-4,7,9,20-21H,5-6,8H2,1-2H3,(H3,15,17,18,19);6-7,10,20H,3-5,8H2,1-2H3,(H3,15,17,18,19)/t2*15-;2*14-;9-;10-/m000011/s1. The fourth-order valence-corrected chi connectivity index (χ4v) is 13.2. The molecule has 0 amide bonds. The van der Waals surface area contributed by atoms with Crippen LogP contribution in [0.5, 0.6) is 0 Å². The van der Waals surface area contributed by atoms with Gasteiger partial charge in [0.2, 0.25) is 35.7 Å². The maximum atomic E-state index is 13.3. The molecule has 0 spiro atoms. The van der Waals surface area contributed by atoms with Crippen molar-refractivity contribution >= 4 is 154 Å². The zero-order chi connectivity index (χ0) is 92.4. The molecule has 27 N–H and O–H groups in total. The number of anilines is 13. The number of nitrogens with two attached hydrogens (primary N) is 7. The van der Waals surface area contributed by atoms with Crippen molar-refractivity contribution in [3.05, 3.63) is 102 Å². The number of aliphatic hydroxyl groups excluding tert-OH is 6. The molecule has 12 rings (SSSR count). The number of nitrogens with one attached hydrogen (secondary N) is 6. The molecule has 0 aliphatic heterocycles. The number of nitrogens with zero attached hydrogens (tertiary/aromatic N) is 18. The Kier molecular flexibility index (Phi) is 39.2. The summed E-state index contributed by atoms with van der Waals surface area (Å²) >= 11 is 5.93. The Bertz CT molecular complexity index is 5290. The van der Waals surface area contributed by atoms with Crippen molar-refractivity contribution in [2.75, 3.05) is 112 Å². The van der Waals surface area contributed by atoms with Gasteiger partial charge in [0.05, 0.1) is 136 Å². The minimum absolute atomic E-state index is 0.00657. The Hall–Kier alpha value is -11.7. The monoisotopic (exact) mass is 1760 g/mol. The summed E-state index contributed by atoms with van der Waals surface area (Å²) in [6.45, 7) is 23.8. The summed E-state index contributed by atoms with van der Waals surface area (Å²) in [5, 5.41) is 87.4. The maximum Gasteiger partial charge on any atom is 0.222 e. The molecule has 12 aromatic rings. The Morgan fingerprint density at radius 2 is 0.690 bits per heavy atom. The van der Waals surface area contributed by atoms with Gasteiger partial charge in [0, 0.05) is 30.9 Å². The summed E-state index contributed by atoms with van der Waals surface area (Å²) in [5.41, 5.74) is 46.0. The SMILES string of the molecule is CC(C)(O)CC[C@H](CO)Nc1nc(N)nc2cccnc12.CCCCC[C@@](C)(CO)Nc1nc(N)nc2cc(F)cnc12.CCCCC[C@@](C)(CO)Nc1nc(N)nc2cccnc12.CCCC[C@@](C)(CO)Nc1nc(N)nc2cc(Cl)cnc12.CCCC[C@@](C)(CO)Nc1nc(N)nc2cc(N)cnc12.CCCC[C@H](CO)Nc1nc(N)nc2cc(C)cnc12. The van der Waals surface area contributed by atoms with Gasteiger partial charge in [-0.25, -0.2) is 49.2 Å². The third-order valence-electron chi connectivity index (χ3n) is 20.3. The molecular formula is C86H129ClFN31O7. The van der Waals surface area contributed by atoms with E-state index in [1.54, 1.807) is 62.9 Å². The quantitative estimate of drug-likeness (QED) is 0.0160. The number of unbranched alkanes of at least 4 members (excludes halogenated alkanes) is 7. The molecule has 0 fully saturated rings. The van der Waals surface area contributed by atoms with Crippen LogP contribution in [0.15, 0.2) is 85.7 Å². The molecule has 126 heavy (non-hydrogen) atoms.